The van der Waals surface area contributed by atoms with Crippen molar-refractivity contribution >= 4 is 15.9 Å². The monoisotopic (exact) mass is 530 g/mol. The zero-order valence-corrected chi connectivity index (χ0v) is 24.1. The Morgan fingerprint density at radius 1 is 1.03 bits per heavy atom. The van der Waals surface area contributed by atoms with Crippen molar-refractivity contribution in [3.8, 4) is 0 Å². The quantitative estimate of drug-likeness (QED) is 0.445. The highest BCUT2D eigenvalue weighted by molar-refractivity contribution is 7.86. The molecule has 0 amide bonds. The van der Waals surface area contributed by atoms with Gasteiger partial charge in [-0.3, -0.25) is 8.98 Å². The van der Waals surface area contributed by atoms with Crippen LogP contribution in [0.1, 0.15) is 84.6 Å². The van der Waals surface area contributed by atoms with Gasteiger partial charge in [-0.1, -0.05) is 51.8 Å². The third-order valence-electron chi connectivity index (χ3n) is 11.8. The molecule has 1 aromatic carbocycles. The van der Waals surface area contributed by atoms with Gasteiger partial charge < -0.3 is 5.11 Å². The fourth-order valence-electron chi connectivity index (χ4n) is 9.83. The number of aliphatic hydroxyl groups is 1. The Morgan fingerprint density at radius 3 is 2.38 bits per heavy atom. The van der Waals surface area contributed by atoms with Crippen LogP contribution in [-0.2, 0) is 19.1 Å². The number of aliphatic hydroxyl groups excluding tert-OH is 1. The van der Waals surface area contributed by atoms with Gasteiger partial charge >= 0.3 is 0 Å². The van der Waals surface area contributed by atoms with Crippen LogP contribution >= 0.6 is 0 Å². The van der Waals surface area contributed by atoms with E-state index in [2.05, 4.69) is 27.7 Å². The van der Waals surface area contributed by atoms with E-state index in [9.17, 15) is 18.3 Å². The van der Waals surface area contributed by atoms with E-state index in [-0.39, 0.29) is 46.2 Å². The number of ketones is 1. The number of fused-ring (bicyclic) bond motifs is 5. The minimum Gasteiger partial charge on any atom is -0.393 e. The fourth-order valence-corrected chi connectivity index (χ4v) is 10.8. The van der Waals surface area contributed by atoms with E-state index in [1.165, 1.54) is 0 Å². The van der Waals surface area contributed by atoms with Crippen LogP contribution in [0.4, 0.5) is 0 Å². The van der Waals surface area contributed by atoms with E-state index in [1.54, 1.807) is 24.3 Å². The lowest BCUT2D eigenvalue weighted by Gasteiger charge is -2.64. The Bertz CT molecular complexity index is 1110. The van der Waals surface area contributed by atoms with E-state index in [0.29, 0.717) is 42.3 Å². The predicted molar refractivity (Wildman–Crippen MR) is 144 cm³/mol. The first kappa shape index (κ1) is 27.3. The molecule has 37 heavy (non-hydrogen) atoms. The van der Waals surface area contributed by atoms with Crippen molar-refractivity contribution in [3.05, 3.63) is 29.8 Å². The van der Waals surface area contributed by atoms with Crippen molar-refractivity contribution in [2.24, 2.45) is 52.3 Å². The van der Waals surface area contributed by atoms with Gasteiger partial charge in [0.2, 0.25) is 0 Å². The summed E-state index contributed by atoms with van der Waals surface area (Å²) in [6, 6.07) is 6.83. The second kappa shape index (κ2) is 9.75. The van der Waals surface area contributed by atoms with Crippen molar-refractivity contribution in [2.45, 2.75) is 97.0 Å². The Hall–Kier alpha value is -1.24. The average Bonchev–Trinajstić information content (AvgIpc) is 3.21. The number of aryl methyl sites for hydroxylation is 1. The first-order chi connectivity index (χ1) is 17.4. The van der Waals surface area contributed by atoms with Crippen LogP contribution in [0, 0.1) is 59.2 Å². The molecule has 5 rings (SSSR count). The fraction of sp³-hybridized carbons (Fsp3) is 0.774. The van der Waals surface area contributed by atoms with Gasteiger partial charge in [-0.2, -0.15) is 8.42 Å². The van der Waals surface area contributed by atoms with Crippen LogP contribution in [0.25, 0.3) is 0 Å². The molecule has 0 aliphatic heterocycles. The van der Waals surface area contributed by atoms with Gasteiger partial charge in [0, 0.05) is 12.8 Å². The largest absolute Gasteiger partial charge is 0.393 e. The van der Waals surface area contributed by atoms with Gasteiger partial charge in [0.05, 0.1) is 17.6 Å². The van der Waals surface area contributed by atoms with E-state index in [4.69, 9.17) is 4.18 Å². The second-order valence-electron chi connectivity index (χ2n) is 13.5. The molecular formula is C31H46O5S. The maximum Gasteiger partial charge on any atom is 0.296 e. The van der Waals surface area contributed by atoms with Crippen LogP contribution in [0.5, 0.6) is 0 Å². The summed E-state index contributed by atoms with van der Waals surface area (Å²) in [6.45, 7) is 11.3. The standard InChI is InChI=1S/C31H46O5S/c1-6-23-27-17-21(32)13-15-31(27,5)26-14-16-30(4)24(11-12-25(30)28(26)29(23)33)20(3)18-36-37(34,35)22-9-7-19(2)8-10-22/h7-10,20,23-29,33H,6,11-18H2,1-5H3/t20-,23-,24-,25+,26+,27+,28+,29-,30-,31-/m1/s1. The second-order valence-corrected chi connectivity index (χ2v) is 15.1. The Morgan fingerprint density at radius 2 is 1.70 bits per heavy atom. The molecule has 5 nitrogen and oxygen atoms in total. The van der Waals surface area contributed by atoms with Crippen LogP contribution < -0.4 is 0 Å². The van der Waals surface area contributed by atoms with Gasteiger partial charge in [0.15, 0.2) is 0 Å². The predicted octanol–water partition coefficient (Wildman–Crippen LogP) is 6.17. The summed E-state index contributed by atoms with van der Waals surface area (Å²) in [4.78, 5) is 12.7. The number of hydrogen-bond acceptors (Lipinski definition) is 5. The number of rotatable bonds is 6. The molecule has 4 saturated carbocycles. The van der Waals surface area contributed by atoms with Gasteiger partial charge in [-0.15, -0.1) is 0 Å². The molecule has 0 aromatic heterocycles. The maximum absolute atomic E-state index is 12.8. The topological polar surface area (TPSA) is 80.7 Å². The van der Waals surface area contributed by atoms with Gasteiger partial charge in [0.25, 0.3) is 10.1 Å². The Kier molecular flexibility index (Phi) is 7.20. The smallest absolute Gasteiger partial charge is 0.296 e. The number of hydrogen-bond donors (Lipinski definition) is 1. The lowest BCUT2D eigenvalue weighted by atomic mass is 9.41. The normalized spacial score (nSPS) is 42.5. The highest BCUT2D eigenvalue weighted by atomic mass is 32.2. The number of Topliss-reactive ketones (excluding diaryl/α,β-unsaturated/α-hetero) is 1. The Labute approximate surface area is 223 Å². The van der Waals surface area contributed by atoms with Crippen LogP contribution in [-0.4, -0.2) is 32.0 Å². The van der Waals surface area contributed by atoms with Crippen molar-refractivity contribution in [3.63, 3.8) is 0 Å². The highest BCUT2D eigenvalue weighted by Gasteiger charge is 2.65. The van der Waals surface area contributed by atoms with E-state index in [1.807, 2.05) is 6.92 Å². The van der Waals surface area contributed by atoms with Crippen molar-refractivity contribution in [1.82, 2.24) is 0 Å². The van der Waals surface area contributed by atoms with E-state index in [0.717, 1.165) is 44.1 Å². The van der Waals surface area contributed by atoms with Crippen molar-refractivity contribution in [2.75, 3.05) is 6.61 Å². The molecule has 0 radical (unpaired) electrons. The van der Waals surface area contributed by atoms with Gasteiger partial charge in [-0.05, 0) is 103 Å². The SMILES string of the molecule is CC[C@H]1[C@@H](O)[C@@H]2[C@H](CC[C@]3(C)[C@@H]([C@H](C)COS(=O)(=O)c4ccc(C)cc4)CC[C@@H]23)[C@@]2(C)CCC(=O)C[C@@H]12. The number of carbonyl (C=O) groups excluding carboxylic acids is 1. The third kappa shape index (κ3) is 4.43. The minimum atomic E-state index is -3.78. The maximum atomic E-state index is 12.8. The molecular weight excluding hydrogens is 484 g/mol. The lowest BCUT2D eigenvalue weighted by Crippen LogP contribution is -2.62. The van der Waals surface area contributed by atoms with Gasteiger partial charge in [-0.25, -0.2) is 0 Å². The molecule has 0 spiro atoms. The van der Waals surface area contributed by atoms with Gasteiger partial charge in [0.1, 0.15) is 5.78 Å². The third-order valence-corrected chi connectivity index (χ3v) is 13.1. The zero-order valence-electron chi connectivity index (χ0n) is 23.3. The summed E-state index contributed by atoms with van der Waals surface area (Å²) in [5.41, 5.74) is 1.22. The first-order valence-electron chi connectivity index (χ1n) is 14.6. The molecule has 0 heterocycles. The molecule has 6 heteroatoms. The molecule has 0 unspecified atom stereocenters. The summed E-state index contributed by atoms with van der Waals surface area (Å²) >= 11 is 0. The summed E-state index contributed by atoms with van der Waals surface area (Å²) in [5.74, 6) is 2.53. The average molecular weight is 531 g/mol. The molecule has 0 bridgehead atoms. The van der Waals surface area contributed by atoms with Crippen LogP contribution in [0.3, 0.4) is 0 Å². The first-order valence-corrected chi connectivity index (χ1v) is 16.0. The summed E-state index contributed by atoms with van der Waals surface area (Å²) in [6.07, 6.45) is 7.22. The van der Waals surface area contributed by atoms with Crippen molar-refractivity contribution < 1.29 is 22.5 Å². The minimum absolute atomic E-state index is 0.0739. The van der Waals surface area contributed by atoms with Crippen LogP contribution in [0.15, 0.2) is 29.2 Å². The summed E-state index contributed by atoms with van der Waals surface area (Å²) in [7, 11) is -3.78. The molecule has 1 N–H and O–H groups in total. The molecule has 10 atom stereocenters. The van der Waals surface area contributed by atoms with Crippen LogP contribution in [0.2, 0.25) is 0 Å². The highest BCUT2D eigenvalue weighted by Crippen LogP contribution is 2.69. The van der Waals surface area contributed by atoms with E-state index >= 15 is 0 Å². The molecule has 206 valence electrons. The zero-order chi connectivity index (χ0) is 26.8. The molecule has 4 aliphatic rings. The molecule has 4 aliphatic carbocycles. The summed E-state index contributed by atoms with van der Waals surface area (Å²) in [5, 5.41) is 11.8. The number of benzene rings is 1. The molecule has 4 fully saturated rings. The lowest BCUT2D eigenvalue weighted by molar-refractivity contribution is -0.194. The molecule has 0 saturated heterocycles. The Balaban J connectivity index is 1.34. The summed E-state index contributed by atoms with van der Waals surface area (Å²) < 4.78 is 31.3. The van der Waals surface area contributed by atoms with E-state index < -0.39 is 10.1 Å². The van der Waals surface area contributed by atoms with Crippen molar-refractivity contribution in [1.29, 1.82) is 0 Å². The molecule has 1 aromatic rings. The number of carbonyl (C=O) groups is 1.